The average Bonchev–Trinajstić information content (AvgIpc) is 2.25. The van der Waals surface area contributed by atoms with Gasteiger partial charge in [0.1, 0.15) is 6.17 Å². The number of anilines is 1. The molecule has 1 nitrogen and oxygen atoms in total. The standard InChI is InChI=1S/C11H13F4N/c1-2-9(12)7-16-10-5-3-4-8(6-10)11(13,14)15/h3-6,9,16H,2,7H2,1H3. The Morgan fingerprint density at radius 2 is 2.00 bits per heavy atom. The quantitative estimate of drug-likeness (QED) is 0.781. The summed E-state index contributed by atoms with van der Waals surface area (Å²) in [4.78, 5) is 0. The molecule has 1 N–H and O–H groups in total. The maximum absolute atomic E-state index is 12.9. The van der Waals surface area contributed by atoms with Gasteiger partial charge in [-0.15, -0.1) is 0 Å². The maximum Gasteiger partial charge on any atom is 0.416 e. The van der Waals surface area contributed by atoms with Gasteiger partial charge in [-0.1, -0.05) is 13.0 Å². The number of alkyl halides is 4. The Morgan fingerprint density at radius 3 is 2.56 bits per heavy atom. The Hall–Kier alpha value is -1.26. The van der Waals surface area contributed by atoms with E-state index in [0.717, 1.165) is 12.1 Å². The number of rotatable bonds is 4. The van der Waals surface area contributed by atoms with E-state index in [9.17, 15) is 17.6 Å². The van der Waals surface area contributed by atoms with Crippen LogP contribution in [-0.2, 0) is 6.18 Å². The molecule has 0 saturated heterocycles. The molecule has 0 amide bonds. The minimum absolute atomic E-state index is 0.0256. The van der Waals surface area contributed by atoms with Crippen molar-refractivity contribution in [1.29, 1.82) is 0 Å². The number of halogens is 4. The number of nitrogens with one attached hydrogen (secondary N) is 1. The molecule has 0 aliphatic rings. The van der Waals surface area contributed by atoms with E-state index in [0.29, 0.717) is 6.42 Å². The molecule has 1 atom stereocenters. The zero-order valence-electron chi connectivity index (χ0n) is 8.81. The Morgan fingerprint density at radius 1 is 1.31 bits per heavy atom. The molecule has 0 aliphatic carbocycles. The van der Waals surface area contributed by atoms with Crippen LogP contribution >= 0.6 is 0 Å². The van der Waals surface area contributed by atoms with Crippen LogP contribution in [0.25, 0.3) is 0 Å². The predicted octanol–water partition coefficient (Wildman–Crippen LogP) is 3.87. The first kappa shape index (κ1) is 12.8. The molecule has 90 valence electrons. The van der Waals surface area contributed by atoms with Crippen LogP contribution in [0.15, 0.2) is 24.3 Å². The molecule has 0 aliphatic heterocycles. The second kappa shape index (κ2) is 5.18. The zero-order valence-corrected chi connectivity index (χ0v) is 8.81. The monoisotopic (exact) mass is 235 g/mol. The van der Waals surface area contributed by atoms with Crippen LogP contribution in [0.2, 0.25) is 0 Å². The number of hydrogen-bond acceptors (Lipinski definition) is 1. The second-order valence-electron chi connectivity index (χ2n) is 3.46. The van der Waals surface area contributed by atoms with E-state index in [1.807, 2.05) is 0 Å². The minimum Gasteiger partial charge on any atom is -0.382 e. The van der Waals surface area contributed by atoms with Crippen molar-refractivity contribution in [3.8, 4) is 0 Å². The van der Waals surface area contributed by atoms with Gasteiger partial charge >= 0.3 is 6.18 Å². The molecule has 5 heteroatoms. The van der Waals surface area contributed by atoms with E-state index >= 15 is 0 Å². The lowest BCUT2D eigenvalue weighted by atomic mass is 10.2. The van der Waals surface area contributed by atoms with E-state index in [-0.39, 0.29) is 12.2 Å². The molecule has 0 saturated carbocycles. The zero-order chi connectivity index (χ0) is 12.2. The van der Waals surface area contributed by atoms with E-state index in [1.165, 1.54) is 12.1 Å². The average molecular weight is 235 g/mol. The van der Waals surface area contributed by atoms with Crippen molar-refractivity contribution in [1.82, 2.24) is 0 Å². The summed E-state index contributed by atoms with van der Waals surface area (Å²) < 4.78 is 49.9. The van der Waals surface area contributed by atoms with Crippen molar-refractivity contribution < 1.29 is 17.6 Å². The molecule has 0 radical (unpaired) electrons. The maximum atomic E-state index is 12.9. The molecule has 1 unspecified atom stereocenters. The largest absolute Gasteiger partial charge is 0.416 e. The van der Waals surface area contributed by atoms with Gasteiger partial charge in [0, 0.05) is 12.2 Å². The van der Waals surface area contributed by atoms with Crippen LogP contribution in [0.1, 0.15) is 18.9 Å². The smallest absolute Gasteiger partial charge is 0.382 e. The molecule has 1 aromatic carbocycles. The molecule has 1 aromatic rings. The van der Waals surface area contributed by atoms with Gasteiger partial charge in [-0.05, 0) is 24.6 Å². The first-order valence-electron chi connectivity index (χ1n) is 4.98. The van der Waals surface area contributed by atoms with E-state index < -0.39 is 17.9 Å². The molecule has 0 bridgehead atoms. The Labute approximate surface area is 91.5 Å². The van der Waals surface area contributed by atoms with Crippen molar-refractivity contribution in [2.45, 2.75) is 25.7 Å². The van der Waals surface area contributed by atoms with Gasteiger partial charge in [-0.3, -0.25) is 0 Å². The van der Waals surface area contributed by atoms with Crippen molar-refractivity contribution in [3.05, 3.63) is 29.8 Å². The summed E-state index contributed by atoms with van der Waals surface area (Å²) in [5.41, 5.74) is -0.449. The SMILES string of the molecule is CCC(F)CNc1cccc(C(F)(F)F)c1. The fourth-order valence-corrected chi connectivity index (χ4v) is 1.18. The lowest BCUT2D eigenvalue weighted by Gasteiger charge is -2.11. The van der Waals surface area contributed by atoms with Gasteiger partial charge in [0.05, 0.1) is 5.56 Å². The third-order valence-electron chi connectivity index (χ3n) is 2.16. The Balaban J connectivity index is 2.68. The van der Waals surface area contributed by atoms with Crippen LogP contribution in [0.3, 0.4) is 0 Å². The van der Waals surface area contributed by atoms with Gasteiger partial charge in [0.2, 0.25) is 0 Å². The minimum atomic E-state index is -4.36. The highest BCUT2D eigenvalue weighted by molar-refractivity contribution is 5.46. The molecule has 0 spiro atoms. The van der Waals surface area contributed by atoms with Gasteiger partial charge < -0.3 is 5.32 Å². The van der Waals surface area contributed by atoms with E-state index in [4.69, 9.17) is 0 Å². The predicted molar refractivity (Wildman–Crippen MR) is 55.1 cm³/mol. The van der Waals surface area contributed by atoms with Crippen LogP contribution in [0, 0.1) is 0 Å². The number of benzene rings is 1. The first-order chi connectivity index (χ1) is 7.43. The second-order valence-corrected chi connectivity index (χ2v) is 3.46. The van der Waals surface area contributed by atoms with E-state index in [2.05, 4.69) is 5.32 Å². The molecule has 0 heterocycles. The Bertz CT molecular complexity index is 335. The van der Waals surface area contributed by atoms with Crippen LogP contribution in [0.5, 0.6) is 0 Å². The van der Waals surface area contributed by atoms with Gasteiger partial charge in [0.25, 0.3) is 0 Å². The lowest BCUT2D eigenvalue weighted by Crippen LogP contribution is -2.14. The topological polar surface area (TPSA) is 12.0 Å². The van der Waals surface area contributed by atoms with Crippen LogP contribution in [0.4, 0.5) is 23.2 Å². The summed E-state index contributed by atoms with van der Waals surface area (Å²) in [6.07, 6.45) is -5.07. The third-order valence-corrected chi connectivity index (χ3v) is 2.16. The van der Waals surface area contributed by atoms with Gasteiger partial charge in [-0.2, -0.15) is 13.2 Å². The highest BCUT2D eigenvalue weighted by atomic mass is 19.4. The molecule has 0 aromatic heterocycles. The normalized spacial score (nSPS) is 13.6. The fourth-order valence-electron chi connectivity index (χ4n) is 1.18. The highest BCUT2D eigenvalue weighted by Crippen LogP contribution is 2.30. The Kier molecular flexibility index (Phi) is 4.15. The third kappa shape index (κ3) is 3.72. The van der Waals surface area contributed by atoms with Gasteiger partial charge in [-0.25, -0.2) is 4.39 Å². The highest BCUT2D eigenvalue weighted by Gasteiger charge is 2.30. The van der Waals surface area contributed by atoms with Crippen molar-refractivity contribution in [2.24, 2.45) is 0 Å². The first-order valence-corrected chi connectivity index (χ1v) is 4.98. The molecular formula is C11H13F4N. The number of hydrogen-bond donors (Lipinski definition) is 1. The summed E-state index contributed by atoms with van der Waals surface area (Å²) in [5.74, 6) is 0. The summed E-state index contributed by atoms with van der Waals surface area (Å²) in [6.45, 7) is 1.70. The van der Waals surface area contributed by atoms with Crippen molar-refractivity contribution >= 4 is 5.69 Å². The summed E-state index contributed by atoms with van der Waals surface area (Å²) >= 11 is 0. The summed E-state index contributed by atoms with van der Waals surface area (Å²) in [7, 11) is 0. The lowest BCUT2D eigenvalue weighted by molar-refractivity contribution is -0.137. The van der Waals surface area contributed by atoms with Crippen molar-refractivity contribution in [3.63, 3.8) is 0 Å². The molecule has 16 heavy (non-hydrogen) atoms. The summed E-state index contributed by atoms with van der Waals surface area (Å²) in [5, 5.41) is 2.63. The fraction of sp³-hybridized carbons (Fsp3) is 0.455. The molecule has 1 rings (SSSR count). The van der Waals surface area contributed by atoms with Crippen LogP contribution < -0.4 is 5.32 Å². The molecular weight excluding hydrogens is 222 g/mol. The van der Waals surface area contributed by atoms with Crippen LogP contribution in [-0.4, -0.2) is 12.7 Å². The molecule has 0 fully saturated rings. The van der Waals surface area contributed by atoms with Crippen molar-refractivity contribution in [2.75, 3.05) is 11.9 Å². The van der Waals surface area contributed by atoms with E-state index in [1.54, 1.807) is 6.92 Å². The summed E-state index contributed by atoms with van der Waals surface area (Å²) in [6, 6.07) is 4.74. The van der Waals surface area contributed by atoms with Gasteiger partial charge in [0.15, 0.2) is 0 Å².